The van der Waals surface area contributed by atoms with Gasteiger partial charge in [0.2, 0.25) is 5.91 Å². The summed E-state index contributed by atoms with van der Waals surface area (Å²) in [5.41, 5.74) is 3.22. The van der Waals surface area contributed by atoms with Gasteiger partial charge in [0.25, 0.3) is 5.91 Å². The highest BCUT2D eigenvalue weighted by atomic mass is 35.5. The molecular weight excluding hydrogens is 404 g/mol. The Morgan fingerprint density at radius 2 is 1.69 bits per heavy atom. The summed E-state index contributed by atoms with van der Waals surface area (Å²) in [7, 11) is 0. The number of amides is 2. The standard InChI is InChI=1S/C23H19ClN2O2S/c24-19-8-4-5-9-20(19)25-22(28)17-10-12-18(13-11-17)23-26(21(27)15-29-23)14-16-6-2-1-3-7-16/h1-13,23H,14-15H2,(H,25,28)/t23-/m0/s1. The summed E-state index contributed by atoms with van der Waals surface area (Å²) < 4.78 is 0. The average Bonchev–Trinajstić information content (AvgIpc) is 3.11. The lowest BCUT2D eigenvalue weighted by molar-refractivity contribution is -0.128. The number of thioether (sulfide) groups is 1. The van der Waals surface area contributed by atoms with E-state index in [9.17, 15) is 9.59 Å². The van der Waals surface area contributed by atoms with Crippen molar-refractivity contribution < 1.29 is 9.59 Å². The molecule has 29 heavy (non-hydrogen) atoms. The molecule has 0 aliphatic carbocycles. The number of benzene rings is 3. The van der Waals surface area contributed by atoms with Gasteiger partial charge < -0.3 is 10.2 Å². The van der Waals surface area contributed by atoms with Crippen LogP contribution in [0.3, 0.4) is 0 Å². The summed E-state index contributed by atoms with van der Waals surface area (Å²) >= 11 is 7.72. The van der Waals surface area contributed by atoms with Crippen LogP contribution in [0.1, 0.15) is 26.9 Å². The number of nitrogens with zero attached hydrogens (tertiary/aromatic N) is 1. The second-order valence-corrected chi connectivity index (χ2v) is 8.20. The van der Waals surface area contributed by atoms with Crippen LogP contribution in [-0.4, -0.2) is 22.5 Å². The van der Waals surface area contributed by atoms with E-state index in [1.165, 1.54) is 0 Å². The Morgan fingerprint density at radius 1 is 1.00 bits per heavy atom. The maximum Gasteiger partial charge on any atom is 0.255 e. The first-order valence-electron chi connectivity index (χ1n) is 9.22. The summed E-state index contributed by atoms with van der Waals surface area (Å²) in [5, 5.41) is 3.27. The zero-order chi connectivity index (χ0) is 20.2. The van der Waals surface area contributed by atoms with E-state index in [1.54, 1.807) is 36.0 Å². The van der Waals surface area contributed by atoms with Crippen LogP contribution in [0.25, 0.3) is 0 Å². The molecule has 1 saturated heterocycles. The fourth-order valence-electron chi connectivity index (χ4n) is 3.24. The van der Waals surface area contributed by atoms with Gasteiger partial charge in [0, 0.05) is 12.1 Å². The molecule has 4 rings (SSSR count). The van der Waals surface area contributed by atoms with Crippen molar-refractivity contribution in [3.05, 3.63) is 101 Å². The third-order valence-electron chi connectivity index (χ3n) is 4.74. The zero-order valence-electron chi connectivity index (χ0n) is 15.5. The van der Waals surface area contributed by atoms with Crippen LogP contribution in [0.4, 0.5) is 5.69 Å². The lowest BCUT2D eigenvalue weighted by Crippen LogP contribution is -2.27. The van der Waals surface area contributed by atoms with Crippen molar-refractivity contribution in [3.63, 3.8) is 0 Å². The Morgan fingerprint density at radius 3 is 2.41 bits per heavy atom. The molecule has 0 unspecified atom stereocenters. The summed E-state index contributed by atoms with van der Waals surface area (Å²) in [6, 6.07) is 24.5. The minimum absolute atomic E-state index is 0.0524. The minimum atomic E-state index is -0.221. The van der Waals surface area contributed by atoms with Crippen LogP contribution in [-0.2, 0) is 11.3 Å². The van der Waals surface area contributed by atoms with Gasteiger partial charge in [-0.25, -0.2) is 0 Å². The van der Waals surface area contributed by atoms with Gasteiger partial charge in [0.1, 0.15) is 5.37 Å². The molecule has 0 aromatic heterocycles. The first kappa shape index (κ1) is 19.6. The molecule has 1 heterocycles. The van der Waals surface area contributed by atoms with E-state index < -0.39 is 0 Å². The number of rotatable bonds is 5. The fourth-order valence-corrected chi connectivity index (χ4v) is 4.61. The lowest BCUT2D eigenvalue weighted by atomic mass is 10.1. The van der Waals surface area contributed by atoms with Crippen molar-refractivity contribution in [2.45, 2.75) is 11.9 Å². The van der Waals surface area contributed by atoms with Gasteiger partial charge in [-0.3, -0.25) is 9.59 Å². The Balaban J connectivity index is 1.48. The Bertz CT molecular complexity index is 1020. The minimum Gasteiger partial charge on any atom is -0.322 e. The summed E-state index contributed by atoms with van der Waals surface area (Å²) in [6.07, 6.45) is 0. The number of carbonyl (C=O) groups is 2. The summed E-state index contributed by atoms with van der Waals surface area (Å²) in [6.45, 7) is 0.575. The Kier molecular flexibility index (Phi) is 5.88. The van der Waals surface area contributed by atoms with E-state index in [1.807, 2.05) is 59.5 Å². The van der Waals surface area contributed by atoms with Crippen molar-refractivity contribution in [2.75, 3.05) is 11.1 Å². The molecule has 0 radical (unpaired) electrons. The molecule has 0 bridgehead atoms. The fraction of sp³-hybridized carbons (Fsp3) is 0.130. The van der Waals surface area contributed by atoms with Crippen molar-refractivity contribution in [2.24, 2.45) is 0 Å². The molecule has 1 aliphatic heterocycles. The molecule has 4 nitrogen and oxygen atoms in total. The molecule has 2 amide bonds. The van der Waals surface area contributed by atoms with E-state index in [4.69, 9.17) is 11.6 Å². The molecule has 1 atom stereocenters. The van der Waals surface area contributed by atoms with Gasteiger partial charge in [-0.15, -0.1) is 11.8 Å². The number of hydrogen-bond acceptors (Lipinski definition) is 3. The van der Waals surface area contributed by atoms with Crippen LogP contribution < -0.4 is 5.32 Å². The SMILES string of the molecule is O=C(Nc1ccccc1Cl)c1ccc([C@@H]2SCC(=O)N2Cc2ccccc2)cc1. The van der Waals surface area contributed by atoms with Crippen molar-refractivity contribution in [1.82, 2.24) is 4.90 Å². The molecule has 1 fully saturated rings. The van der Waals surface area contributed by atoms with E-state index in [0.29, 0.717) is 28.6 Å². The van der Waals surface area contributed by atoms with Crippen LogP contribution in [0.2, 0.25) is 5.02 Å². The predicted octanol–water partition coefficient (Wildman–Crippen LogP) is 5.37. The summed E-state index contributed by atoms with van der Waals surface area (Å²) in [5.74, 6) is 0.372. The van der Waals surface area contributed by atoms with Crippen molar-refractivity contribution in [1.29, 1.82) is 0 Å². The molecule has 3 aromatic rings. The third-order valence-corrected chi connectivity index (χ3v) is 6.33. The number of anilines is 1. The molecule has 0 saturated carbocycles. The normalized spacial score (nSPS) is 16.1. The number of para-hydroxylation sites is 1. The molecule has 1 aliphatic rings. The van der Waals surface area contributed by atoms with Gasteiger partial charge in [-0.05, 0) is 35.4 Å². The number of hydrogen-bond donors (Lipinski definition) is 1. The highest BCUT2D eigenvalue weighted by molar-refractivity contribution is 8.00. The third kappa shape index (κ3) is 4.47. The number of nitrogens with one attached hydrogen (secondary N) is 1. The highest BCUT2D eigenvalue weighted by Gasteiger charge is 2.32. The van der Waals surface area contributed by atoms with Gasteiger partial charge in [-0.2, -0.15) is 0 Å². The smallest absolute Gasteiger partial charge is 0.255 e. The summed E-state index contributed by atoms with van der Waals surface area (Å²) in [4.78, 5) is 26.8. The van der Waals surface area contributed by atoms with Crippen molar-refractivity contribution >= 4 is 40.9 Å². The van der Waals surface area contributed by atoms with E-state index in [2.05, 4.69) is 5.32 Å². The molecule has 6 heteroatoms. The highest BCUT2D eigenvalue weighted by Crippen LogP contribution is 2.39. The largest absolute Gasteiger partial charge is 0.322 e. The van der Waals surface area contributed by atoms with E-state index in [0.717, 1.165) is 11.1 Å². The van der Waals surface area contributed by atoms with Gasteiger partial charge in [0.05, 0.1) is 16.5 Å². The topological polar surface area (TPSA) is 49.4 Å². The number of halogens is 1. The van der Waals surface area contributed by atoms with Crippen LogP contribution >= 0.6 is 23.4 Å². The average molecular weight is 423 g/mol. The quantitative estimate of drug-likeness (QED) is 0.601. The van der Waals surface area contributed by atoms with Crippen LogP contribution in [0.5, 0.6) is 0 Å². The molecular formula is C23H19ClN2O2S. The van der Waals surface area contributed by atoms with Crippen molar-refractivity contribution in [3.8, 4) is 0 Å². The maximum absolute atomic E-state index is 12.5. The number of carbonyl (C=O) groups excluding carboxylic acids is 2. The van der Waals surface area contributed by atoms with Crippen LogP contribution in [0.15, 0.2) is 78.9 Å². The second kappa shape index (κ2) is 8.72. The monoisotopic (exact) mass is 422 g/mol. The van der Waals surface area contributed by atoms with E-state index >= 15 is 0 Å². The zero-order valence-corrected chi connectivity index (χ0v) is 17.1. The van der Waals surface area contributed by atoms with Gasteiger partial charge >= 0.3 is 0 Å². The lowest BCUT2D eigenvalue weighted by Gasteiger charge is -2.24. The van der Waals surface area contributed by atoms with Gasteiger partial charge in [0.15, 0.2) is 0 Å². The van der Waals surface area contributed by atoms with Crippen LogP contribution in [0, 0.1) is 0 Å². The molecule has 1 N–H and O–H groups in total. The second-order valence-electron chi connectivity index (χ2n) is 6.73. The Hall–Kier alpha value is -2.76. The van der Waals surface area contributed by atoms with E-state index in [-0.39, 0.29) is 17.2 Å². The first-order chi connectivity index (χ1) is 14.1. The van der Waals surface area contributed by atoms with Gasteiger partial charge in [-0.1, -0.05) is 66.2 Å². The molecule has 146 valence electrons. The molecule has 3 aromatic carbocycles. The molecule has 0 spiro atoms. The predicted molar refractivity (Wildman–Crippen MR) is 118 cm³/mol. The first-order valence-corrected chi connectivity index (χ1v) is 10.7. The maximum atomic E-state index is 12.5. The Labute approximate surface area is 178 Å².